The number of nitrogens with zero attached hydrogens (tertiary/aromatic N) is 1. The minimum atomic E-state index is -3.71. The van der Waals surface area contributed by atoms with Crippen LogP contribution in [0.2, 0.25) is 5.02 Å². The molecule has 1 aliphatic rings. The van der Waals surface area contributed by atoms with Gasteiger partial charge in [0, 0.05) is 31.8 Å². The molecule has 2 rings (SSSR count). The monoisotopic (exact) mass is 428 g/mol. The van der Waals surface area contributed by atoms with Crippen LogP contribution in [0.1, 0.15) is 19.3 Å². The van der Waals surface area contributed by atoms with Gasteiger partial charge in [-0.05, 0) is 25.8 Å². The van der Waals surface area contributed by atoms with Crippen LogP contribution < -0.4 is 15.2 Å². The zero-order valence-electron chi connectivity index (χ0n) is 14.9. The Balaban J connectivity index is 0.00000338. The molecule has 1 aromatic carbocycles. The van der Waals surface area contributed by atoms with Crippen LogP contribution in [0.3, 0.4) is 0 Å². The fourth-order valence-electron chi connectivity index (χ4n) is 2.74. The highest BCUT2D eigenvalue weighted by molar-refractivity contribution is 7.89. The minimum absolute atomic E-state index is 0. The average Bonchev–Trinajstić information content (AvgIpc) is 2.61. The summed E-state index contributed by atoms with van der Waals surface area (Å²) in [6, 6.07) is 2.86. The molecule has 0 spiro atoms. The SMILES string of the molecule is COc1cc(Cl)c(S(=O)(=O)N2CCC(OCCCN)CC2)cc1OC.Cl. The summed E-state index contributed by atoms with van der Waals surface area (Å²) in [4.78, 5) is 0.0225. The summed E-state index contributed by atoms with van der Waals surface area (Å²) in [5.41, 5.74) is 5.45. The van der Waals surface area contributed by atoms with E-state index in [-0.39, 0.29) is 28.4 Å². The number of hydrogen-bond donors (Lipinski definition) is 1. The van der Waals surface area contributed by atoms with Gasteiger partial charge in [0.25, 0.3) is 0 Å². The van der Waals surface area contributed by atoms with Gasteiger partial charge in [-0.3, -0.25) is 0 Å². The van der Waals surface area contributed by atoms with E-state index >= 15 is 0 Å². The molecule has 1 saturated heterocycles. The van der Waals surface area contributed by atoms with Gasteiger partial charge in [-0.2, -0.15) is 4.31 Å². The van der Waals surface area contributed by atoms with E-state index in [1.165, 1.54) is 30.7 Å². The predicted octanol–water partition coefficient (Wildman–Crippen LogP) is 2.30. The van der Waals surface area contributed by atoms with Gasteiger partial charge >= 0.3 is 0 Å². The molecule has 150 valence electrons. The first-order valence-electron chi connectivity index (χ1n) is 8.17. The molecule has 1 aliphatic heterocycles. The third-order valence-electron chi connectivity index (χ3n) is 4.16. The molecular formula is C16H26Cl2N2O5S. The van der Waals surface area contributed by atoms with Gasteiger partial charge in [-0.1, -0.05) is 11.6 Å². The fourth-order valence-corrected chi connectivity index (χ4v) is 4.72. The van der Waals surface area contributed by atoms with E-state index in [0.717, 1.165) is 6.42 Å². The van der Waals surface area contributed by atoms with E-state index in [1.807, 2.05) is 0 Å². The van der Waals surface area contributed by atoms with Crippen molar-refractivity contribution in [3.63, 3.8) is 0 Å². The van der Waals surface area contributed by atoms with Crippen molar-refractivity contribution in [1.29, 1.82) is 0 Å². The topological polar surface area (TPSA) is 91.1 Å². The van der Waals surface area contributed by atoms with Crippen LogP contribution in [0, 0.1) is 0 Å². The Kier molecular flexibility index (Phi) is 9.43. The van der Waals surface area contributed by atoms with Crippen LogP contribution >= 0.6 is 24.0 Å². The second-order valence-electron chi connectivity index (χ2n) is 5.75. The lowest BCUT2D eigenvalue weighted by Crippen LogP contribution is -2.41. The third kappa shape index (κ3) is 5.37. The molecule has 10 heteroatoms. The highest BCUT2D eigenvalue weighted by atomic mass is 35.5. The van der Waals surface area contributed by atoms with Gasteiger partial charge in [0.05, 0.1) is 25.3 Å². The maximum atomic E-state index is 12.9. The lowest BCUT2D eigenvalue weighted by Gasteiger charge is -2.31. The summed E-state index contributed by atoms with van der Waals surface area (Å²) >= 11 is 6.18. The molecule has 1 heterocycles. The van der Waals surface area contributed by atoms with Crippen LogP contribution in [-0.2, 0) is 14.8 Å². The van der Waals surface area contributed by atoms with Crippen molar-refractivity contribution >= 4 is 34.0 Å². The molecule has 0 aromatic heterocycles. The summed E-state index contributed by atoms with van der Waals surface area (Å²) in [5.74, 6) is 0.712. The molecule has 0 aliphatic carbocycles. The summed E-state index contributed by atoms with van der Waals surface area (Å²) < 4.78 is 43.3. The molecule has 26 heavy (non-hydrogen) atoms. The van der Waals surface area contributed by atoms with Crippen LogP contribution in [-0.4, -0.2) is 59.3 Å². The van der Waals surface area contributed by atoms with E-state index in [2.05, 4.69) is 0 Å². The summed E-state index contributed by atoms with van der Waals surface area (Å²) in [5, 5.41) is 0.110. The quantitative estimate of drug-likeness (QED) is 0.638. The minimum Gasteiger partial charge on any atom is -0.493 e. The molecule has 0 saturated carbocycles. The molecule has 7 nitrogen and oxygen atoms in total. The summed E-state index contributed by atoms with van der Waals surface area (Å²) in [6.07, 6.45) is 2.17. The Labute approximate surface area is 166 Å². The number of sulfonamides is 1. The van der Waals surface area contributed by atoms with Crippen molar-refractivity contribution in [2.24, 2.45) is 5.73 Å². The normalized spacial score (nSPS) is 16.2. The highest BCUT2D eigenvalue weighted by Crippen LogP contribution is 2.37. The van der Waals surface area contributed by atoms with Gasteiger partial charge < -0.3 is 19.9 Å². The Bertz CT molecular complexity index is 679. The number of piperidine rings is 1. The van der Waals surface area contributed by atoms with Crippen LogP contribution in [0.4, 0.5) is 0 Å². The maximum Gasteiger partial charge on any atom is 0.244 e. The molecule has 0 atom stereocenters. The number of hydrogen-bond acceptors (Lipinski definition) is 6. The van der Waals surface area contributed by atoms with E-state index in [4.69, 9.17) is 31.5 Å². The Hall–Kier alpha value is -0.770. The van der Waals surface area contributed by atoms with Crippen molar-refractivity contribution < 1.29 is 22.6 Å². The highest BCUT2D eigenvalue weighted by Gasteiger charge is 2.32. The zero-order valence-corrected chi connectivity index (χ0v) is 17.3. The van der Waals surface area contributed by atoms with Gasteiger partial charge in [0.2, 0.25) is 10.0 Å². The largest absolute Gasteiger partial charge is 0.493 e. The second kappa shape index (κ2) is 10.5. The first-order valence-corrected chi connectivity index (χ1v) is 9.99. The molecule has 2 N–H and O–H groups in total. The van der Waals surface area contributed by atoms with Crippen LogP contribution in [0.25, 0.3) is 0 Å². The number of rotatable bonds is 8. The van der Waals surface area contributed by atoms with E-state index in [0.29, 0.717) is 50.6 Å². The molecular weight excluding hydrogens is 403 g/mol. The first-order chi connectivity index (χ1) is 11.9. The number of ether oxygens (including phenoxy) is 3. The van der Waals surface area contributed by atoms with Gasteiger partial charge in [-0.25, -0.2) is 8.42 Å². The summed E-state index contributed by atoms with van der Waals surface area (Å²) in [7, 11) is -0.788. The van der Waals surface area contributed by atoms with Gasteiger partial charge in [0.1, 0.15) is 4.90 Å². The molecule has 1 fully saturated rings. The lowest BCUT2D eigenvalue weighted by molar-refractivity contribution is 0.0209. The van der Waals surface area contributed by atoms with Gasteiger partial charge in [0.15, 0.2) is 11.5 Å². The molecule has 0 amide bonds. The number of benzene rings is 1. The third-order valence-corrected chi connectivity index (χ3v) is 6.52. The predicted molar refractivity (Wildman–Crippen MR) is 103 cm³/mol. The van der Waals surface area contributed by atoms with E-state index in [9.17, 15) is 8.42 Å². The standard InChI is InChI=1S/C16H25ClN2O5S.ClH/c1-22-14-10-13(17)16(11-15(14)23-2)25(20,21)19-7-4-12(5-8-19)24-9-3-6-18;/h10-12H,3-9,18H2,1-2H3;1H. The number of methoxy groups -OCH3 is 2. The number of halogens is 2. The summed E-state index contributed by atoms with van der Waals surface area (Å²) in [6.45, 7) is 1.97. The number of nitrogens with two attached hydrogens (primary N) is 1. The van der Waals surface area contributed by atoms with Gasteiger partial charge in [-0.15, -0.1) is 12.4 Å². The smallest absolute Gasteiger partial charge is 0.244 e. The first kappa shape index (κ1) is 23.3. The maximum absolute atomic E-state index is 12.9. The lowest BCUT2D eigenvalue weighted by atomic mass is 10.1. The van der Waals surface area contributed by atoms with Crippen molar-refractivity contribution in [2.75, 3.05) is 40.5 Å². The van der Waals surface area contributed by atoms with Crippen molar-refractivity contribution in [2.45, 2.75) is 30.3 Å². The molecule has 0 radical (unpaired) electrons. The average molecular weight is 429 g/mol. The second-order valence-corrected chi connectivity index (χ2v) is 8.07. The van der Waals surface area contributed by atoms with Crippen molar-refractivity contribution in [3.05, 3.63) is 17.2 Å². The Morgan fingerprint density at radius 3 is 2.31 bits per heavy atom. The van der Waals surface area contributed by atoms with Crippen LogP contribution in [0.15, 0.2) is 17.0 Å². The Morgan fingerprint density at radius 1 is 1.19 bits per heavy atom. The Morgan fingerprint density at radius 2 is 1.77 bits per heavy atom. The van der Waals surface area contributed by atoms with Crippen molar-refractivity contribution in [1.82, 2.24) is 4.31 Å². The fraction of sp³-hybridized carbons (Fsp3) is 0.625. The van der Waals surface area contributed by atoms with E-state index in [1.54, 1.807) is 0 Å². The van der Waals surface area contributed by atoms with E-state index < -0.39 is 10.0 Å². The van der Waals surface area contributed by atoms with Crippen LogP contribution in [0.5, 0.6) is 11.5 Å². The van der Waals surface area contributed by atoms with Crippen molar-refractivity contribution in [3.8, 4) is 11.5 Å². The molecule has 0 unspecified atom stereocenters. The zero-order chi connectivity index (χ0) is 18.4. The molecule has 0 bridgehead atoms. The molecule has 1 aromatic rings.